The van der Waals surface area contributed by atoms with Gasteiger partial charge in [0.2, 0.25) is 0 Å². The van der Waals surface area contributed by atoms with Gasteiger partial charge in [0.25, 0.3) is 5.66 Å². The summed E-state index contributed by atoms with van der Waals surface area (Å²) < 4.78 is 33.0. The van der Waals surface area contributed by atoms with Gasteiger partial charge in [0.05, 0.1) is 18.0 Å². The molecule has 2 heterocycles. The van der Waals surface area contributed by atoms with Gasteiger partial charge in [-0.1, -0.05) is 15.3 Å². The fraction of sp³-hybridized carbons (Fsp3) is 0.286. The van der Waals surface area contributed by atoms with Crippen LogP contribution in [-0.2, 0) is 23.5 Å². The van der Waals surface area contributed by atoms with Crippen LogP contribution in [0.25, 0.3) is 10.9 Å². The Hall–Kier alpha value is -2.70. The van der Waals surface area contributed by atoms with Crippen molar-refractivity contribution in [3.8, 4) is 11.5 Å². The van der Waals surface area contributed by atoms with E-state index in [1.54, 1.807) is 6.07 Å². The number of fused-ring (bicyclic) bond motifs is 3. The second-order valence-corrected chi connectivity index (χ2v) is 8.07. The fourth-order valence-corrected chi connectivity index (χ4v) is 4.06. The van der Waals surface area contributed by atoms with Gasteiger partial charge in [0.1, 0.15) is 18.1 Å². The highest BCUT2D eigenvalue weighted by atomic mass is 31.0. The highest BCUT2D eigenvalue weighted by molar-refractivity contribution is 7.17. The molecule has 0 saturated heterocycles. The fourth-order valence-electron chi connectivity index (χ4n) is 3.83. The Morgan fingerprint density at radius 1 is 1.27 bits per heavy atom. The number of phenols is 1. The third-order valence-electron chi connectivity index (χ3n) is 5.23. The first-order valence-corrected chi connectivity index (χ1v) is 10.0. The van der Waals surface area contributed by atoms with Crippen molar-refractivity contribution < 1.29 is 28.5 Å². The van der Waals surface area contributed by atoms with Crippen LogP contribution >= 0.6 is 9.24 Å². The van der Waals surface area contributed by atoms with Crippen molar-refractivity contribution in [2.75, 3.05) is 6.54 Å². The molecule has 4 rings (SSSR count). The lowest BCUT2D eigenvalue weighted by Gasteiger charge is -2.22. The van der Waals surface area contributed by atoms with Gasteiger partial charge >= 0.3 is 5.97 Å². The highest BCUT2D eigenvalue weighted by Crippen LogP contribution is 2.40. The predicted octanol–water partition coefficient (Wildman–Crippen LogP) is 4.04. The van der Waals surface area contributed by atoms with Crippen LogP contribution < -0.4 is 10.1 Å². The van der Waals surface area contributed by atoms with E-state index in [4.69, 9.17) is 9.84 Å². The number of carboxylic acids is 1. The summed E-state index contributed by atoms with van der Waals surface area (Å²) >= 11 is 0. The van der Waals surface area contributed by atoms with E-state index < -0.39 is 22.9 Å². The lowest BCUT2D eigenvalue weighted by atomic mass is 9.97. The molecule has 6 nitrogen and oxygen atoms in total. The summed E-state index contributed by atoms with van der Waals surface area (Å²) in [4.78, 5) is 14.4. The molecule has 3 aromatic rings. The molecule has 0 fully saturated rings. The normalized spacial score (nSPS) is 16.4. The smallest absolute Gasteiger partial charge is 0.305 e. The molecule has 0 saturated carbocycles. The standard InChI is InChI=1S/C21H21F2N2O4P/c22-21(23,30)15-7-11(1-4-18(15)26)10-29-12-2-3-16-14(8-12)13-5-6-24-17(9-19(27)28)20(13)25-16/h1-4,7-8,17,24-26H,5-6,9-10,30H2,(H,27,28). The third-order valence-corrected chi connectivity index (χ3v) is 5.54. The number of aromatic hydroxyl groups is 1. The number of nitrogens with one attached hydrogen (secondary N) is 2. The van der Waals surface area contributed by atoms with Crippen molar-refractivity contribution in [3.05, 3.63) is 58.8 Å². The van der Waals surface area contributed by atoms with E-state index >= 15 is 0 Å². The number of aromatic nitrogens is 1. The molecule has 2 unspecified atom stereocenters. The first-order valence-electron chi connectivity index (χ1n) is 9.44. The molecule has 30 heavy (non-hydrogen) atoms. The summed E-state index contributed by atoms with van der Waals surface area (Å²) in [5, 5.41) is 23.0. The Bertz CT molecular complexity index is 1110. The van der Waals surface area contributed by atoms with Crippen LogP contribution in [0.2, 0.25) is 0 Å². The van der Waals surface area contributed by atoms with Gasteiger partial charge < -0.3 is 25.3 Å². The number of rotatable bonds is 6. The maximum Gasteiger partial charge on any atom is 0.305 e. The Morgan fingerprint density at radius 3 is 2.80 bits per heavy atom. The van der Waals surface area contributed by atoms with Crippen LogP contribution in [-0.4, -0.2) is 27.7 Å². The quantitative estimate of drug-likeness (QED) is 0.440. The predicted molar refractivity (Wildman–Crippen MR) is 111 cm³/mol. The van der Waals surface area contributed by atoms with E-state index in [9.17, 15) is 18.7 Å². The zero-order chi connectivity index (χ0) is 21.5. The van der Waals surface area contributed by atoms with Crippen molar-refractivity contribution in [2.45, 2.75) is 31.2 Å². The number of hydrogen-bond acceptors (Lipinski definition) is 4. The van der Waals surface area contributed by atoms with Gasteiger partial charge in [-0.3, -0.25) is 4.79 Å². The SMILES string of the molecule is O=C(O)CC1NCCc2c1[nH]c1ccc(OCc3ccc(O)c(C(F)(F)P)c3)cc21. The van der Waals surface area contributed by atoms with Crippen molar-refractivity contribution in [3.63, 3.8) is 0 Å². The molecule has 158 valence electrons. The topological polar surface area (TPSA) is 94.6 Å². The maximum absolute atomic E-state index is 13.6. The zero-order valence-electron chi connectivity index (χ0n) is 15.9. The minimum Gasteiger partial charge on any atom is -0.507 e. The minimum atomic E-state index is -3.23. The molecule has 2 aromatic carbocycles. The third kappa shape index (κ3) is 4.11. The molecule has 0 bridgehead atoms. The Balaban J connectivity index is 1.57. The number of carboxylic acid groups (broad SMARTS) is 1. The number of halogens is 2. The van der Waals surface area contributed by atoms with Gasteiger partial charge in [0.15, 0.2) is 0 Å². The van der Waals surface area contributed by atoms with Crippen LogP contribution in [0.5, 0.6) is 11.5 Å². The number of carbonyl (C=O) groups is 1. The number of hydrogen-bond donors (Lipinski definition) is 4. The average molecular weight is 434 g/mol. The molecule has 1 aliphatic heterocycles. The largest absolute Gasteiger partial charge is 0.507 e. The van der Waals surface area contributed by atoms with Crippen LogP contribution in [0.3, 0.4) is 0 Å². The molecule has 4 N–H and O–H groups in total. The number of aliphatic carboxylic acids is 1. The van der Waals surface area contributed by atoms with E-state index in [2.05, 4.69) is 10.3 Å². The van der Waals surface area contributed by atoms with Crippen LogP contribution in [0, 0.1) is 0 Å². The first kappa shape index (κ1) is 20.6. The average Bonchev–Trinajstić information content (AvgIpc) is 3.05. The van der Waals surface area contributed by atoms with E-state index in [-0.39, 0.29) is 19.1 Å². The van der Waals surface area contributed by atoms with Gasteiger partial charge in [-0.05, 0) is 54.4 Å². The van der Waals surface area contributed by atoms with Crippen molar-refractivity contribution in [2.24, 2.45) is 0 Å². The molecular weight excluding hydrogens is 413 g/mol. The van der Waals surface area contributed by atoms with E-state index in [0.717, 1.165) is 28.6 Å². The van der Waals surface area contributed by atoms with E-state index in [1.807, 2.05) is 12.1 Å². The molecule has 9 heteroatoms. The number of alkyl halides is 2. The zero-order valence-corrected chi connectivity index (χ0v) is 17.1. The van der Waals surface area contributed by atoms with Crippen molar-refractivity contribution in [1.82, 2.24) is 10.3 Å². The number of H-pyrrole nitrogens is 1. The Morgan fingerprint density at radius 2 is 2.07 bits per heavy atom. The summed E-state index contributed by atoms with van der Waals surface area (Å²) in [7, 11) is 1.42. The molecule has 0 radical (unpaired) electrons. The lowest BCUT2D eigenvalue weighted by Crippen LogP contribution is -2.31. The molecule has 1 aliphatic rings. The number of ether oxygens (including phenoxy) is 1. The maximum atomic E-state index is 13.6. The Kier molecular flexibility index (Phi) is 5.38. The minimum absolute atomic E-state index is 0.00723. The van der Waals surface area contributed by atoms with E-state index in [1.165, 1.54) is 27.4 Å². The van der Waals surface area contributed by atoms with Crippen molar-refractivity contribution in [1.29, 1.82) is 0 Å². The summed E-state index contributed by atoms with van der Waals surface area (Å²) in [6.07, 6.45) is 0.756. The monoisotopic (exact) mass is 434 g/mol. The number of benzene rings is 2. The lowest BCUT2D eigenvalue weighted by molar-refractivity contribution is -0.137. The number of phenolic OH excluding ortho intramolecular Hbond substituents is 1. The summed E-state index contributed by atoms with van der Waals surface area (Å²) in [6, 6.07) is 9.23. The van der Waals surface area contributed by atoms with Crippen LogP contribution in [0.15, 0.2) is 36.4 Å². The molecule has 0 spiro atoms. The van der Waals surface area contributed by atoms with Gasteiger partial charge in [0, 0.05) is 16.6 Å². The Labute approximate surface area is 173 Å². The van der Waals surface area contributed by atoms with Crippen LogP contribution in [0.4, 0.5) is 8.78 Å². The number of aromatic amines is 1. The summed E-state index contributed by atoms with van der Waals surface area (Å²) in [5.74, 6) is -0.763. The molecule has 1 aromatic heterocycles. The summed E-state index contributed by atoms with van der Waals surface area (Å²) in [5.41, 5.74) is -0.366. The van der Waals surface area contributed by atoms with E-state index in [0.29, 0.717) is 17.9 Å². The first-order chi connectivity index (χ1) is 14.2. The second kappa shape index (κ2) is 7.85. The van der Waals surface area contributed by atoms with Gasteiger partial charge in [-0.15, -0.1) is 0 Å². The highest BCUT2D eigenvalue weighted by Gasteiger charge is 2.28. The molecule has 0 aliphatic carbocycles. The second-order valence-electron chi connectivity index (χ2n) is 7.34. The van der Waals surface area contributed by atoms with Crippen molar-refractivity contribution >= 4 is 26.1 Å². The van der Waals surface area contributed by atoms with Crippen LogP contribution in [0.1, 0.15) is 34.8 Å². The van der Waals surface area contributed by atoms with Gasteiger partial charge in [-0.25, -0.2) is 0 Å². The molecular formula is C21H21F2N2O4P. The molecule has 0 amide bonds. The molecule has 2 atom stereocenters. The van der Waals surface area contributed by atoms with Gasteiger partial charge in [-0.2, -0.15) is 8.78 Å². The summed E-state index contributed by atoms with van der Waals surface area (Å²) in [6.45, 7) is 0.748.